The molecule has 0 bridgehead atoms. The highest BCUT2D eigenvalue weighted by molar-refractivity contribution is 7.91. The molecule has 1 aliphatic heterocycles. The Bertz CT molecular complexity index is 545. The molecule has 0 aromatic heterocycles. The van der Waals surface area contributed by atoms with E-state index in [-0.39, 0.29) is 23.5 Å². The van der Waals surface area contributed by atoms with E-state index in [0.717, 1.165) is 5.56 Å². The van der Waals surface area contributed by atoms with E-state index in [1.807, 2.05) is 13.0 Å². The molecule has 0 saturated carbocycles. The molecule has 2 unspecified atom stereocenters. The lowest BCUT2D eigenvalue weighted by Gasteiger charge is -2.16. The van der Waals surface area contributed by atoms with Gasteiger partial charge >= 0.3 is 0 Å². The largest absolute Gasteiger partial charge is 0.309 e. The van der Waals surface area contributed by atoms with Gasteiger partial charge in [-0.3, -0.25) is 0 Å². The van der Waals surface area contributed by atoms with Gasteiger partial charge in [-0.25, -0.2) is 8.42 Å². The van der Waals surface area contributed by atoms with E-state index in [1.54, 1.807) is 12.1 Å². The van der Waals surface area contributed by atoms with Crippen LogP contribution in [0.15, 0.2) is 18.2 Å². The van der Waals surface area contributed by atoms with Gasteiger partial charge in [0, 0.05) is 6.04 Å². The molecule has 2 atom stereocenters. The zero-order chi connectivity index (χ0) is 13.3. The fourth-order valence-electron chi connectivity index (χ4n) is 2.16. The molecule has 0 amide bonds. The van der Waals surface area contributed by atoms with Gasteiger partial charge in [-0.2, -0.15) is 0 Å². The first-order valence-electron chi connectivity index (χ1n) is 5.76. The highest BCUT2D eigenvalue weighted by Crippen LogP contribution is 2.27. The number of halogens is 2. The van der Waals surface area contributed by atoms with Crippen molar-refractivity contribution in [3.05, 3.63) is 33.8 Å². The van der Waals surface area contributed by atoms with Crippen molar-refractivity contribution in [2.75, 3.05) is 18.1 Å². The molecule has 0 radical (unpaired) electrons. The minimum Gasteiger partial charge on any atom is -0.309 e. The highest BCUT2D eigenvalue weighted by atomic mass is 35.5. The molecule has 100 valence electrons. The summed E-state index contributed by atoms with van der Waals surface area (Å²) in [6, 6.07) is 5.03. The van der Waals surface area contributed by atoms with Crippen LogP contribution in [0.1, 0.15) is 18.5 Å². The molecule has 1 heterocycles. The van der Waals surface area contributed by atoms with Gasteiger partial charge in [-0.05, 0) is 30.2 Å². The van der Waals surface area contributed by atoms with E-state index < -0.39 is 9.84 Å². The maximum absolute atomic E-state index is 11.9. The Morgan fingerprint density at radius 2 is 1.94 bits per heavy atom. The second-order valence-corrected chi connectivity index (χ2v) is 7.78. The van der Waals surface area contributed by atoms with Gasteiger partial charge in [0.1, 0.15) is 0 Å². The number of hydrogen-bond donors (Lipinski definition) is 1. The normalized spacial score (nSPS) is 27.7. The van der Waals surface area contributed by atoms with Crippen LogP contribution in [0.25, 0.3) is 0 Å². The maximum atomic E-state index is 11.9. The Morgan fingerprint density at radius 1 is 1.22 bits per heavy atom. The van der Waals surface area contributed by atoms with Crippen LogP contribution in [0.5, 0.6) is 0 Å². The van der Waals surface area contributed by atoms with Crippen molar-refractivity contribution < 1.29 is 8.42 Å². The van der Waals surface area contributed by atoms with Crippen LogP contribution < -0.4 is 5.32 Å². The fourth-order valence-corrected chi connectivity index (χ4v) is 4.41. The topological polar surface area (TPSA) is 46.2 Å². The van der Waals surface area contributed by atoms with E-state index in [0.29, 0.717) is 16.6 Å². The Hall–Kier alpha value is -0.290. The van der Waals surface area contributed by atoms with Gasteiger partial charge in [-0.1, -0.05) is 36.2 Å². The summed E-state index contributed by atoms with van der Waals surface area (Å²) in [4.78, 5) is 0. The number of sulfone groups is 1. The first-order chi connectivity index (χ1) is 8.37. The summed E-state index contributed by atoms with van der Waals surface area (Å²) in [5.74, 6) is 0.468. The van der Waals surface area contributed by atoms with E-state index >= 15 is 0 Å². The molecule has 1 aromatic carbocycles. The standard InChI is InChI=1S/C12H15Cl2NO2S/c1-8-5-15-12(7-18(16,17)6-8)9-2-3-10(13)11(14)4-9/h2-4,8,12,15H,5-7H2,1H3. The maximum Gasteiger partial charge on any atom is 0.152 e. The predicted molar refractivity (Wildman–Crippen MR) is 75.0 cm³/mol. The van der Waals surface area contributed by atoms with Crippen molar-refractivity contribution in [3.8, 4) is 0 Å². The second kappa shape index (κ2) is 5.37. The quantitative estimate of drug-likeness (QED) is 0.867. The molecule has 0 aliphatic carbocycles. The smallest absolute Gasteiger partial charge is 0.152 e. The number of nitrogens with one attached hydrogen (secondary N) is 1. The lowest BCUT2D eigenvalue weighted by molar-refractivity contribution is 0.517. The van der Waals surface area contributed by atoms with Gasteiger partial charge in [0.2, 0.25) is 0 Å². The third kappa shape index (κ3) is 3.38. The lowest BCUT2D eigenvalue weighted by Crippen LogP contribution is -2.26. The number of hydrogen-bond acceptors (Lipinski definition) is 3. The Morgan fingerprint density at radius 3 is 2.61 bits per heavy atom. The molecule has 3 nitrogen and oxygen atoms in total. The molecular weight excluding hydrogens is 293 g/mol. The number of rotatable bonds is 1. The summed E-state index contributed by atoms with van der Waals surface area (Å²) >= 11 is 11.8. The zero-order valence-electron chi connectivity index (χ0n) is 9.99. The summed E-state index contributed by atoms with van der Waals surface area (Å²) < 4.78 is 23.8. The molecule has 1 fully saturated rings. The monoisotopic (exact) mass is 307 g/mol. The van der Waals surface area contributed by atoms with Crippen molar-refractivity contribution in [1.29, 1.82) is 0 Å². The third-order valence-corrected chi connectivity index (χ3v) is 5.67. The molecule has 0 spiro atoms. The van der Waals surface area contributed by atoms with Gasteiger partial charge < -0.3 is 5.32 Å². The Labute approximate surface area is 117 Å². The summed E-state index contributed by atoms with van der Waals surface area (Å²) in [5, 5.41) is 4.20. The Kier molecular flexibility index (Phi) is 4.22. The van der Waals surface area contributed by atoms with Crippen LogP contribution in [0.4, 0.5) is 0 Å². The minimum atomic E-state index is -3.03. The third-order valence-electron chi connectivity index (χ3n) is 3.02. The zero-order valence-corrected chi connectivity index (χ0v) is 12.3. The van der Waals surface area contributed by atoms with E-state index in [1.165, 1.54) is 0 Å². The van der Waals surface area contributed by atoms with E-state index in [2.05, 4.69) is 5.32 Å². The molecular formula is C12H15Cl2NO2S. The second-order valence-electron chi connectivity index (χ2n) is 4.82. The van der Waals surface area contributed by atoms with Gasteiger partial charge in [-0.15, -0.1) is 0 Å². The summed E-state index contributed by atoms with van der Waals surface area (Å²) in [6.45, 7) is 2.62. The lowest BCUT2D eigenvalue weighted by atomic mass is 10.1. The van der Waals surface area contributed by atoms with Crippen molar-refractivity contribution in [2.45, 2.75) is 13.0 Å². The van der Waals surface area contributed by atoms with Crippen molar-refractivity contribution in [2.24, 2.45) is 5.92 Å². The van der Waals surface area contributed by atoms with Crippen LogP contribution in [-0.4, -0.2) is 26.5 Å². The molecule has 1 aromatic rings. The first-order valence-corrected chi connectivity index (χ1v) is 8.34. The van der Waals surface area contributed by atoms with Crippen LogP contribution in [0.2, 0.25) is 10.0 Å². The summed E-state index contributed by atoms with van der Waals surface area (Å²) in [7, 11) is -3.03. The van der Waals surface area contributed by atoms with E-state index in [9.17, 15) is 8.42 Å². The molecule has 1 aliphatic rings. The average Bonchev–Trinajstić information content (AvgIpc) is 2.40. The molecule has 1 N–H and O–H groups in total. The first kappa shape index (κ1) is 14.1. The van der Waals surface area contributed by atoms with Crippen LogP contribution >= 0.6 is 23.2 Å². The highest BCUT2D eigenvalue weighted by Gasteiger charge is 2.27. The van der Waals surface area contributed by atoms with Crippen molar-refractivity contribution in [3.63, 3.8) is 0 Å². The van der Waals surface area contributed by atoms with Crippen molar-refractivity contribution in [1.82, 2.24) is 5.32 Å². The van der Waals surface area contributed by atoms with Crippen LogP contribution in [-0.2, 0) is 9.84 Å². The molecule has 18 heavy (non-hydrogen) atoms. The van der Waals surface area contributed by atoms with Crippen molar-refractivity contribution >= 4 is 33.0 Å². The van der Waals surface area contributed by atoms with Gasteiger partial charge in [0.25, 0.3) is 0 Å². The van der Waals surface area contributed by atoms with Gasteiger partial charge in [0.15, 0.2) is 9.84 Å². The van der Waals surface area contributed by atoms with Crippen LogP contribution in [0.3, 0.4) is 0 Å². The fraction of sp³-hybridized carbons (Fsp3) is 0.500. The SMILES string of the molecule is CC1CNC(c2ccc(Cl)c(Cl)c2)CS(=O)(=O)C1. The van der Waals surface area contributed by atoms with Gasteiger partial charge in [0.05, 0.1) is 21.6 Å². The molecule has 1 saturated heterocycles. The minimum absolute atomic E-state index is 0.106. The van der Waals surface area contributed by atoms with E-state index in [4.69, 9.17) is 23.2 Å². The number of benzene rings is 1. The predicted octanol–water partition coefficient (Wildman–Crippen LogP) is 2.69. The van der Waals surface area contributed by atoms with Crippen LogP contribution in [0, 0.1) is 5.92 Å². The molecule has 6 heteroatoms. The average molecular weight is 308 g/mol. The Balaban J connectivity index is 2.29. The summed E-state index contributed by atoms with van der Waals surface area (Å²) in [5.41, 5.74) is 0.863. The molecule has 2 rings (SSSR count). The summed E-state index contributed by atoms with van der Waals surface area (Å²) in [6.07, 6.45) is 0.